The zero-order valence-electron chi connectivity index (χ0n) is 10.4. The van der Waals surface area contributed by atoms with Crippen LogP contribution in [0.3, 0.4) is 0 Å². The normalized spacial score (nSPS) is 11.6. The van der Waals surface area contributed by atoms with Crippen molar-refractivity contribution in [1.29, 1.82) is 0 Å². The molecule has 0 atom stereocenters. The van der Waals surface area contributed by atoms with Gasteiger partial charge in [0.05, 0.1) is 4.92 Å². The number of halogens is 3. The van der Waals surface area contributed by atoms with Gasteiger partial charge in [0.2, 0.25) is 0 Å². The number of benzene rings is 1. The molecule has 0 unspecified atom stereocenters. The fraction of sp³-hybridized carbons (Fsp3) is 0.273. The highest BCUT2D eigenvalue weighted by molar-refractivity contribution is 7.98. The van der Waals surface area contributed by atoms with Crippen LogP contribution in [0.15, 0.2) is 35.7 Å². The predicted octanol–water partition coefficient (Wildman–Crippen LogP) is 3.04. The van der Waals surface area contributed by atoms with Crippen LogP contribution in [0.5, 0.6) is 0 Å². The molecule has 0 amide bonds. The summed E-state index contributed by atoms with van der Waals surface area (Å²) in [4.78, 5) is 9.99. The van der Waals surface area contributed by atoms with Crippen molar-refractivity contribution < 1.29 is 18.1 Å². The van der Waals surface area contributed by atoms with E-state index in [9.17, 15) is 23.3 Å². The first-order valence-corrected chi connectivity index (χ1v) is 6.64. The molecule has 2 aromatic rings. The van der Waals surface area contributed by atoms with E-state index in [0.29, 0.717) is 5.75 Å². The molecule has 0 saturated carbocycles. The Bertz CT molecular complexity index is 627. The van der Waals surface area contributed by atoms with E-state index in [1.807, 2.05) is 0 Å². The van der Waals surface area contributed by atoms with Crippen LogP contribution in [0.4, 0.5) is 18.9 Å². The first-order valence-electron chi connectivity index (χ1n) is 5.66. The summed E-state index contributed by atoms with van der Waals surface area (Å²) in [5.41, 5.74) is 0.705. The number of aromatic nitrogens is 3. The van der Waals surface area contributed by atoms with E-state index in [2.05, 4.69) is 10.2 Å². The average Bonchev–Trinajstić information content (AvgIpc) is 2.82. The largest absolute Gasteiger partial charge is 0.406 e. The minimum atomic E-state index is -4.34. The van der Waals surface area contributed by atoms with Gasteiger partial charge in [0, 0.05) is 17.9 Å². The Morgan fingerprint density at radius 3 is 2.52 bits per heavy atom. The Hall–Kier alpha value is -2.10. The molecule has 0 fully saturated rings. The first kappa shape index (κ1) is 15.3. The van der Waals surface area contributed by atoms with E-state index in [4.69, 9.17) is 0 Å². The van der Waals surface area contributed by atoms with Crippen LogP contribution in [0.25, 0.3) is 0 Å². The van der Waals surface area contributed by atoms with Crippen LogP contribution in [-0.2, 0) is 12.3 Å². The van der Waals surface area contributed by atoms with E-state index in [1.54, 1.807) is 12.1 Å². The first-order chi connectivity index (χ1) is 9.85. The summed E-state index contributed by atoms with van der Waals surface area (Å²) >= 11 is 1.08. The lowest BCUT2D eigenvalue weighted by molar-refractivity contribution is -0.384. The van der Waals surface area contributed by atoms with Crippen molar-refractivity contribution in [3.05, 3.63) is 46.3 Å². The van der Waals surface area contributed by atoms with E-state index >= 15 is 0 Å². The van der Waals surface area contributed by atoms with Gasteiger partial charge in [-0.15, -0.1) is 10.2 Å². The second-order valence-electron chi connectivity index (χ2n) is 4.07. The van der Waals surface area contributed by atoms with Crippen LogP contribution in [0, 0.1) is 10.1 Å². The highest BCUT2D eigenvalue weighted by Crippen LogP contribution is 2.25. The van der Waals surface area contributed by atoms with Crippen molar-refractivity contribution in [2.45, 2.75) is 23.6 Å². The maximum absolute atomic E-state index is 12.3. The quantitative estimate of drug-likeness (QED) is 0.481. The predicted molar refractivity (Wildman–Crippen MR) is 68.7 cm³/mol. The lowest BCUT2D eigenvalue weighted by Crippen LogP contribution is -2.17. The number of nitrogens with zero attached hydrogens (tertiary/aromatic N) is 4. The van der Waals surface area contributed by atoms with Gasteiger partial charge < -0.3 is 0 Å². The molecule has 0 N–H and O–H groups in total. The molecule has 0 aliphatic carbocycles. The van der Waals surface area contributed by atoms with Gasteiger partial charge >= 0.3 is 6.18 Å². The molecule has 21 heavy (non-hydrogen) atoms. The number of nitro groups is 1. The molecule has 1 aromatic heterocycles. The van der Waals surface area contributed by atoms with Gasteiger partial charge in [0.25, 0.3) is 5.69 Å². The number of hydrogen-bond acceptors (Lipinski definition) is 5. The van der Waals surface area contributed by atoms with Gasteiger partial charge in [-0.2, -0.15) is 13.2 Å². The summed E-state index contributed by atoms with van der Waals surface area (Å²) in [5, 5.41) is 17.7. The third-order valence-corrected chi connectivity index (χ3v) is 3.50. The molecule has 6 nitrogen and oxygen atoms in total. The van der Waals surface area contributed by atoms with Gasteiger partial charge in [-0.05, 0) is 5.56 Å². The fourth-order valence-electron chi connectivity index (χ4n) is 1.52. The van der Waals surface area contributed by atoms with Crippen molar-refractivity contribution in [1.82, 2.24) is 14.8 Å². The molecular weight excluding hydrogens is 309 g/mol. The monoisotopic (exact) mass is 318 g/mol. The van der Waals surface area contributed by atoms with Crippen molar-refractivity contribution in [2.24, 2.45) is 0 Å². The Kier molecular flexibility index (Phi) is 4.46. The minimum Gasteiger partial charge on any atom is -0.299 e. The lowest BCUT2D eigenvalue weighted by atomic mass is 10.2. The number of nitro benzene ring substituents is 1. The number of hydrogen-bond donors (Lipinski definition) is 0. The summed E-state index contributed by atoms with van der Waals surface area (Å²) in [6.45, 7) is -1.15. The summed E-state index contributed by atoms with van der Waals surface area (Å²) in [5.74, 6) is 0.342. The second kappa shape index (κ2) is 6.12. The molecular formula is C11H9F3N4O2S. The Morgan fingerprint density at radius 2 is 1.95 bits per heavy atom. The SMILES string of the molecule is O=[N+]([O-])c1ccc(CSc2nncn2CC(F)(F)F)cc1. The topological polar surface area (TPSA) is 73.8 Å². The van der Waals surface area contributed by atoms with Crippen LogP contribution in [0.1, 0.15) is 5.56 Å². The van der Waals surface area contributed by atoms with Gasteiger partial charge in [0.1, 0.15) is 12.9 Å². The standard InChI is InChI=1S/C11H9F3N4O2S/c12-11(13,14)6-17-7-15-16-10(17)21-5-8-1-3-9(4-2-8)18(19)20/h1-4,7H,5-6H2. The molecule has 0 bridgehead atoms. The highest BCUT2D eigenvalue weighted by atomic mass is 32.2. The summed E-state index contributed by atoms with van der Waals surface area (Å²) in [6, 6.07) is 5.79. The maximum atomic E-state index is 12.3. The van der Waals surface area contributed by atoms with Crippen molar-refractivity contribution in [3.63, 3.8) is 0 Å². The third kappa shape index (κ3) is 4.45. The van der Waals surface area contributed by atoms with Crippen LogP contribution in [0.2, 0.25) is 0 Å². The van der Waals surface area contributed by atoms with Crippen LogP contribution < -0.4 is 0 Å². The molecule has 1 aromatic carbocycles. The average molecular weight is 318 g/mol. The summed E-state index contributed by atoms with van der Waals surface area (Å²) in [6.07, 6.45) is -3.32. The minimum absolute atomic E-state index is 0.0380. The molecule has 0 saturated heterocycles. The van der Waals surface area contributed by atoms with Crippen molar-refractivity contribution in [2.75, 3.05) is 0 Å². The van der Waals surface area contributed by atoms with Crippen LogP contribution in [-0.4, -0.2) is 25.9 Å². The molecule has 0 spiro atoms. The molecule has 112 valence electrons. The fourth-order valence-corrected chi connectivity index (χ4v) is 2.39. The molecule has 0 aliphatic rings. The van der Waals surface area contributed by atoms with E-state index < -0.39 is 17.6 Å². The lowest BCUT2D eigenvalue weighted by Gasteiger charge is -2.09. The number of alkyl halides is 3. The van der Waals surface area contributed by atoms with Crippen LogP contribution >= 0.6 is 11.8 Å². The smallest absolute Gasteiger partial charge is 0.299 e. The third-order valence-electron chi connectivity index (χ3n) is 2.44. The zero-order valence-corrected chi connectivity index (χ0v) is 11.3. The highest BCUT2D eigenvalue weighted by Gasteiger charge is 2.29. The Labute approximate surface area is 121 Å². The van der Waals surface area contributed by atoms with E-state index in [1.165, 1.54) is 12.1 Å². The maximum Gasteiger partial charge on any atom is 0.406 e. The summed E-state index contributed by atoms with van der Waals surface area (Å²) < 4.78 is 37.9. The van der Waals surface area contributed by atoms with Gasteiger partial charge in [0.15, 0.2) is 5.16 Å². The Morgan fingerprint density at radius 1 is 1.29 bits per heavy atom. The van der Waals surface area contributed by atoms with Gasteiger partial charge in [-0.25, -0.2) is 0 Å². The number of rotatable bonds is 5. The van der Waals surface area contributed by atoms with E-state index in [0.717, 1.165) is 28.2 Å². The number of non-ortho nitro benzene ring substituents is 1. The van der Waals surface area contributed by atoms with E-state index in [-0.39, 0.29) is 10.8 Å². The second-order valence-corrected chi connectivity index (χ2v) is 5.01. The molecule has 10 heteroatoms. The molecule has 0 radical (unpaired) electrons. The van der Waals surface area contributed by atoms with Gasteiger partial charge in [-0.1, -0.05) is 23.9 Å². The zero-order chi connectivity index (χ0) is 15.5. The molecule has 0 aliphatic heterocycles. The van der Waals surface area contributed by atoms with Gasteiger partial charge in [-0.3, -0.25) is 14.7 Å². The summed E-state index contributed by atoms with van der Waals surface area (Å²) in [7, 11) is 0. The van der Waals surface area contributed by atoms with Crippen molar-refractivity contribution in [3.8, 4) is 0 Å². The number of thioether (sulfide) groups is 1. The van der Waals surface area contributed by atoms with Crippen molar-refractivity contribution >= 4 is 17.4 Å². The Balaban J connectivity index is 2.00. The molecule has 2 rings (SSSR count). The molecule has 1 heterocycles.